The summed E-state index contributed by atoms with van der Waals surface area (Å²) in [5, 5.41) is 0. The molecule has 1 fully saturated rings. The molecule has 0 bridgehead atoms. The molecule has 33 heavy (non-hydrogen) atoms. The van der Waals surface area contributed by atoms with Gasteiger partial charge in [0.1, 0.15) is 12.4 Å². The first-order valence-corrected chi connectivity index (χ1v) is 11.2. The molecule has 1 saturated heterocycles. The van der Waals surface area contributed by atoms with Crippen molar-refractivity contribution >= 4 is 0 Å². The highest BCUT2D eigenvalue weighted by molar-refractivity contribution is 5.74. The van der Waals surface area contributed by atoms with Gasteiger partial charge in [0.25, 0.3) is 0 Å². The molecular formula is C27H26N4O2. The number of pyridine rings is 3. The zero-order chi connectivity index (χ0) is 22.3. The van der Waals surface area contributed by atoms with Gasteiger partial charge >= 0.3 is 0 Å². The molecule has 4 heterocycles. The lowest BCUT2D eigenvalue weighted by molar-refractivity contribution is 0.0322. The Morgan fingerprint density at radius 1 is 0.727 bits per heavy atom. The maximum atomic E-state index is 5.97. The van der Waals surface area contributed by atoms with Crippen LogP contribution in [0.3, 0.4) is 0 Å². The maximum absolute atomic E-state index is 5.97. The summed E-state index contributed by atoms with van der Waals surface area (Å²) in [5.74, 6) is 0.871. The Labute approximate surface area is 193 Å². The molecule has 6 heteroatoms. The number of ether oxygens (including phenoxy) is 2. The van der Waals surface area contributed by atoms with Crippen LogP contribution < -0.4 is 4.74 Å². The lowest BCUT2D eigenvalue weighted by Crippen LogP contribution is -2.38. The van der Waals surface area contributed by atoms with Crippen molar-refractivity contribution < 1.29 is 9.47 Å². The topological polar surface area (TPSA) is 60.4 Å². The van der Waals surface area contributed by atoms with Gasteiger partial charge in [0.2, 0.25) is 0 Å². The Hall–Kier alpha value is -3.61. The van der Waals surface area contributed by atoms with Crippen LogP contribution >= 0.6 is 0 Å². The van der Waals surface area contributed by atoms with Crippen molar-refractivity contribution in [2.45, 2.75) is 0 Å². The molecule has 0 unspecified atom stereocenters. The molecule has 1 aliphatic rings. The van der Waals surface area contributed by atoms with Gasteiger partial charge in [-0.2, -0.15) is 0 Å². The van der Waals surface area contributed by atoms with E-state index in [9.17, 15) is 0 Å². The van der Waals surface area contributed by atoms with Crippen LogP contribution in [0.15, 0.2) is 85.2 Å². The zero-order valence-corrected chi connectivity index (χ0v) is 18.4. The van der Waals surface area contributed by atoms with Gasteiger partial charge in [-0.25, -0.2) is 4.98 Å². The number of hydrogen-bond acceptors (Lipinski definition) is 6. The lowest BCUT2D eigenvalue weighted by Gasteiger charge is -2.26. The van der Waals surface area contributed by atoms with Gasteiger partial charge in [0, 0.05) is 32.0 Å². The Kier molecular flexibility index (Phi) is 6.66. The molecule has 0 N–H and O–H groups in total. The third-order valence-electron chi connectivity index (χ3n) is 5.65. The van der Waals surface area contributed by atoms with Crippen LogP contribution in [0.25, 0.3) is 33.9 Å². The predicted octanol–water partition coefficient (Wildman–Crippen LogP) is 4.58. The number of benzene rings is 1. The van der Waals surface area contributed by atoms with E-state index >= 15 is 0 Å². The minimum atomic E-state index is 0.669. The number of hydrogen-bond donors (Lipinski definition) is 0. The summed E-state index contributed by atoms with van der Waals surface area (Å²) in [6.07, 6.45) is 3.57. The Morgan fingerprint density at radius 3 is 1.94 bits per heavy atom. The van der Waals surface area contributed by atoms with E-state index in [1.807, 2.05) is 48.5 Å². The molecular weight excluding hydrogens is 412 g/mol. The number of morpholine rings is 1. The number of nitrogens with zero attached hydrogens (tertiary/aromatic N) is 4. The summed E-state index contributed by atoms with van der Waals surface area (Å²) >= 11 is 0. The molecule has 0 atom stereocenters. The van der Waals surface area contributed by atoms with Crippen LogP contribution in [-0.4, -0.2) is 59.3 Å². The average molecular weight is 439 g/mol. The van der Waals surface area contributed by atoms with Gasteiger partial charge in [-0.1, -0.05) is 24.3 Å². The van der Waals surface area contributed by atoms with Gasteiger partial charge in [-0.3, -0.25) is 14.9 Å². The molecule has 3 aromatic heterocycles. The second kappa shape index (κ2) is 10.3. The van der Waals surface area contributed by atoms with Crippen molar-refractivity contribution in [2.24, 2.45) is 0 Å². The minimum Gasteiger partial charge on any atom is -0.492 e. The van der Waals surface area contributed by atoms with Gasteiger partial charge in [-0.05, 0) is 59.7 Å². The highest BCUT2D eigenvalue weighted by Gasteiger charge is 2.11. The molecule has 0 spiro atoms. The summed E-state index contributed by atoms with van der Waals surface area (Å²) in [6, 6.07) is 24.1. The summed E-state index contributed by atoms with van der Waals surface area (Å²) in [7, 11) is 0. The Morgan fingerprint density at radius 2 is 1.36 bits per heavy atom. The van der Waals surface area contributed by atoms with Crippen LogP contribution in [0.4, 0.5) is 0 Å². The van der Waals surface area contributed by atoms with Crippen LogP contribution in [0.2, 0.25) is 0 Å². The molecule has 1 aromatic carbocycles. The van der Waals surface area contributed by atoms with Gasteiger partial charge in [0.05, 0.1) is 36.0 Å². The fourth-order valence-corrected chi connectivity index (χ4v) is 3.85. The van der Waals surface area contributed by atoms with E-state index in [2.05, 4.69) is 39.1 Å². The quantitative estimate of drug-likeness (QED) is 0.421. The monoisotopic (exact) mass is 438 g/mol. The average Bonchev–Trinajstić information content (AvgIpc) is 2.90. The van der Waals surface area contributed by atoms with E-state index in [0.29, 0.717) is 6.61 Å². The van der Waals surface area contributed by atoms with E-state index < -0.39 is 0 Å². The summed E-state index contributed by atoms with van der Waals surface area (Å²) < 4.78 is 11.4. The van der Waals surface area contributed by atoms with Crippen molar-refractivity contribution in [1.82, 2.24) is 19.9 Å². The summed E-state index contributed by atoms with van der Waals surface area (Å²) in [5.41, 5.74) is 5.46. The van der Waals surface area contributed by atoms with Gasteiger partial charge in [0.15, 0.2) is 0 Å². The fraction of sp³-hybridized carbons (Fsp3) is 0.222. The SMILES string of the molecule is c1ccc(-c2cc(-c3ccc(OCCN4CCOCC4)cc3)cc(-c3ccccn3)n2)nc1. The highest BCUT2D eigenvalue weighted by atomic mass is 16.5. The standard InChI is InChI=1S/C27H26N4O2/c1-3-11-28-24(5-1)26-19-22(20-27(30-26)25-6-2-4-12-29-25)21-7-9-23(10-8-21)33-18-15-31-13-16-32-17-14-31/h1-12,19-20H,13-18H2. The molecule has 5 rings (SSSR count). The summed E-state index contributed by atoms with van der Waals surface area (Å²) in [4.78, 5) is 16.2. The molecule has 0 aliphatic carbocycles. The predicted molar refractivity (Wildman–Crippen MR) is 129 cm³/mol. The summed E-state index contributed by atoms with van der Waals surface area (Å²) in [6.45, 7) is 5.14. The molecule has 4 aromatic rings. The second-order valence-electron chi connectivity index (χ2n) is 7.88. The number of rotatable bonds is 7. The highest BCUT2D eigenvalue weighted by Crippen LogP contribution is 2.29. The normalized spacial score (nSPS) is 14.2. The third kappa shape index (κ3) is 5.42. The molecule has 6 nitrogen and oxygen atoms in total. The molecule has 1 aliphatic heterocycles. The molecule has 0 amide bonds. The molecule has 0 saturated carbocycles. The van der Waals surface area contributed by atoms with Crippen LogP contribution in [0.5, 0.6) is 5.75 Å². The number of aromatic nitrogens is 3. The van der Waals surface area contributed by atoms with Crippen LogP contribution in [-0.2, 0) is 4.74 Å². The maximum Gasteiger partial charge on any atom is 0.119 e. The van der Waals surface area contributed by atoms with Gasteiger partial charge < -0.3 is 9.47 Å². The van der Waals surface area contributed by atoms with Crippen molar-refractivity contribution in [3.63, 3.8) is 0 Å². The van der Waals surface area contributed by atoms with Crippen molar-refractivity contribution in [3.8, 4) is 39.7 Å². The van der Waals surface area contributed by atoms with E-state index in [-0.39, 0.29) is 0 Å². The Balaban J connectivity index is 1.37. The lowest BCUT2D eigenvalue weighted by atomic mass is 10.0. The Bertz CT molecular complexity index is 1100. The van der Waals surface area contributed by atoms with Gasteiger partial charge in [-0.15, -0.1) is 0 Å². The second-order valence-corrected chi connectivity index (χ2v) is 7.88. The minimum absolute atomic E-state index is 0.669. The van der Waals surface area contributed by atoms with Crippen molar-refractivity contribution in [3.05, 3.63) is 85.2 Å². The van der Waals surface area contributed by atoms with E-state index in [4.69, 9.17) is 14.5 Å². The smallest absolute Gasteiger partial charge is 0.119 e. The van der Waals surface area contributed by atoms with Crippen molar-refractivity contribution in [2.75, 3.05) is 39.5 Å². The van der Waals surface area contributed by atoms with Crippen LogP contribution in [0.1, 0.15) is 0 Å². The third-order valence-corrected chi connectivity index (χ3v) is 5.65. The zero-order valence-electron chi connectivity index (χ0n) is 18.4. The molecule has 0 radical (unpaired) electrons. The molecule has 166 valence electrons. The first kappa shape index (κ1) is 21.2. The first-order valence-electron chi connectivity index (χ1n) is 11.2. The fourth-order valence-electron chi connectivity index (χ4n) is 3.85. The van der Waals surface area contributed by atoms with Crippen LogP contribution in [0, 0.1) is 0 Å². The van der Waals surface area contributed by atoms with E-state index in [0.717, 1.165) is 72.5 Å². The first-order chi connectivity index (χ1) is 16.3. The largest absolute Gasteiger partial charge is 0.492 e. The van der Waals surface area contributed by atoms with Crippen molar-refractivity contribution in [1.29, 1.82) is 0 Å². The van der Waals surface area contributed by atoms with E-state index in [1.54, 1.807) is 12.4 Å². The van der Waals surface area contributed by atoms with E-state index in [1.165, 1.54) is 0 Å².